The number of amides is 1. The summed E-state index contributed by atoms with van der Waals surface area (Å²) in [7, 11) is 0. The molecular weight excluding hydrogens is 368 g/mol. The number of H-pyrrole nitrogens is 1. The molecule has 5 nitrogen and oxygen atoms in total. The van der Waals surface area contributed by atoms with Gasteiger partial charge in [0.05, 0.1) is 5.75 Å². The fraction of sp³-hybridized carbons (Fsp3) is 0.318. The van der Waals surface area contributed by atoms with Gasteiger partial charge in [-0.15, -0.1) is 5.10 Å². The predicted molar refractivity (Wildman–Crippen MR) is 113 cm³/mol. The number of rotatable bonds is 6. The van der Waals surface area contributed by atoms with Gasteiger partial charge in [0, 0.05) is 11.3 Å². The lowest BCUT2D eigenvalue weighted by molar-refractivity contribution is -0.113. The van der Waals surface area contributed by atoms with Crippen LogP contribution in [-0.4, -0.2) is 26.8 Å². The number of carbonyl (C=O) groups excluding carboxylic acids is 1. The summed E-state index contributed by atoms with van der Waals surface area (Å²) in [6, 6.07) is 18.1. The van der Waals surface area contributed by atoms with Gasteiger partial charge in [0.2, 0.25) is 11.1 Å². The molecule has 1 amide bonds. The largest absolute Gasteiger partial charge is 0.325 e. The van der Waals surface area contributed by atoms with Crippen LogP contribution in [0.1, 0.15) is 43.6 Å². The van der Waals surface area contributed by atoms with Gasteiger partial charge >= 0.3 is 0 Å². The van der Waals surface area contributed by atoms with Gasteiger partial charge in [0.1, 0.15) is 0 Å². The van der Waals surface area contributed by atoms with Crippen molar-refractivity contribution in [3.8, 4) is 11.4 Å². The zero-order valence-electron chi connectivity index (χ0n) is 15.7. The summed E-state index contributed by atoms with van der Waals surface area (Å²) >= 11 is 1.32. The summed E-state index contributed by atoms with van der Waals surface area (Å²) in [6.45, 7) is 0. The first-order valence-electron chi connectivity index (χ1n) is 9.78. The van der Waals surface area contributed by atoms with Crippen LogP contribution in [0.15, 0.2) is 59.8 Å². The summed E-state index contributed by atoms with van der Waals surface area (Å²) < 4.78 is 0. The van der Waals surface area contributed by atoms with E-state index in [1.165, 1.54) is 49.4 Å². The van der Waals surface area contributed by atoms with E-state index in [9.17, 15) is 4.79 Å². The standard InChI is InChI=1S/C22H24N4OS/c27-20(15-28-22-24-21(25-26-22)18-9-5-2-6-10-18)23-19-13-11-17(12-14-19)16-7-3-1-4-8-16/h2,5-6,9-14,16H,1,3-4,7-8,15H2,(H,23,27)(H,24,25,26). The topological polar surface area (TPSA) is 70.7 Å². The molecule has 28 heavy (non-hydrogen) atoms. The van der Waals surface area contributed by atoms with Crippen molar-refractivity contribution in [2.75, 3.05) is 11.1 Å². The van der Waals surface area contributed by atoms with E-state index >= 15 is 0 Å². The Kier molecular flexibility index (Phi) is 6.07. The van der Waals surface area contributed by atoms with Gasteiger partial charge < -0.3 is 5.32 Å². The molecule has 0 spiro atoms. The molecule has 1 aromatic heterocycles. The molecule has 0 unspecified atom stereocenters. The van der Waals surface area contributed by atoms with E-state index < -0.39 is 0 Å². The highest BCUT2D eigenvalue weighted by Crippen LogP contribution is 2.33. The molecule has 1 aliphatic rings. The van der Waals surface area contributed by atoms with E-state index in [1.807, 2.05) is 42.5 Å². The van der Waals surface area contributed by atoms with Gasteiger partial charge in [-0.2, -0.15) is 0 Å². The van der Waals surface area contributed by atoms with Crippen LogP contribution in [0.4, 0.5) is 5.69 Å². The van der Waals surface area contributed by atoms with E-state index in [4.69, 9.17) is 0 Å². The molecule has 0 bridgehead atoms. The van der Waals surface area contributed by atoms with Crippen molar-refractivity contribution in [1.82, 2.24) is 15.2 Å². The Hall–Kier alpha value is -2.60. The molecule has 6 heteroatoms. The van der Waals surface area contributed by atoms with Crippen LogP contribution >= 0.6 is 11.8 Å². The molecule has 144 valence electrons. The molecule has 0 aliphatic heterocycles. The molecule has 1 heterocycles. The maximum Gasteiger partial charge on any atom is 0.234 e. The molecule has 3 aromatic rings. The number of nitrogens with one attached hydrogen (secondary N) is 2. The van der Waals surface area contributed by atoms with E-state index in [0.29, 0.717) is 16.9 Å². The minimum Gasteiger partial charge on any atom is -0.325 e. The molecule has 4 rings (SSSR count). The third-order valence-corrected chi connectivity index (χ3v) is 5.96. The molecule has 0 saturated heterocycles. The van der Waals surface area contributed by atoms with E-state index in [-0.39, 0.29) is 11.7 Å². The SMILES string of the molecule is O=C(CSc1n[nH]c(-c2ccccc2)n1)Nc1ccc(C2CCCCC2)cc1. The van der Waals surface area contributed by atoms with Gasteiger partial charge in [-0.05, 0) is 36.5 Å². The van der Waals surface area contributed by atoms with Crippen molar-refractivity contribution in [1.29, 1.82) is 0 Å². The highest BCUT2D eigenvalue weighted by molar-refractivity contribution is 7.99. The highest BCUT2D eigenvalue weighted by atomic mass is 32.2. The lowest BCUT2D eigenvalue weighted by atomic mass is 9.84. The molecule has 1 fully saturated rings. The molecule has 1 saturated carbocycles. The number of anilines is 1. The maximum absolute atomic E-state index is 12.3. The van der Waals surface area contributed by atoms with Crippen LogP contribution in [0.25, 0.3) is 11.4 Å². The fourth-order valence-corrected chi connectivity index (χ4v) is 4.24. The number of aromatic nitrogens is 3. The minimum absolute atomic E-state index is 0.0542. The molecule has 0 radical (unpaired) electrons. The Morgan fingerprint density at radius 1 is 1.04 bits per heavy atom. The zero-order valence-corrected chi connectivity index (χ0v) is 16.5. The Morgan fingerprint density at radius 2 is 1.79 bits per heavy atom. The van der Waals surface area contributed by atoms with Crippen molar-refractivity contribution >= 4 is 23.4 Å². The number of carbonyl (C=O) groups is 1. The lowest BCUT2D eigenvalue weighted by Crippen LogP contribution is -2.14. The number of thioether (sulfide) groups is 1. The van der Waals surface area contributed by atoms with Crippen molar-refractivity contribution in [3.05, 3.63) is 60.2 Å². The Morgan fingerprint density at radius 3 is 2.54 bits per heavy atom. The lowest BCUT2D eigenvalue weighted by Gasteiger charge is -2.22. The monoisotopic (exact) mass is 392 g/mol. The number of hydrogen-bond acceptors (Lipinski definition) is 4. The number of nitrogens with zero attached hydrogens (tertiary/aromatic N) is 2. The minimum atomic E-state index is -0.0542. The zero-order chi connectivity index (χ0) is 19.2. The van der Waals surface area contributed by atoms with Gasteiger partial charge in [0.25, 0.3) is 0 Å². The molecule has 1 aliphatic carbocycles. The Bertz CT molecular complexity index is 902. The van der Waals surface area contributed by atoms with Crippen molar-refractivity contribution < 1.29 is 4.79 Å². The van der Waals surface area contributed by atoms with E-state index in [2.05, 4.69) is 32.6 Å². The first-order valence-corrected chi connectivity index (χ1v) is 10.8. The highest BCUT2D eigenvalue weighted by Gasteiger charge is 2.15. The van der Waals surface area contributed by atoms with Crippen LogP contribution < -0.4 is 5.32 Å². The smallest absolute Gasteiger partial charge is 0.234 e. The summed E-state index contributed by atoms with van der Waals surface area (Å²) in [6.07, 6.45) is 6.58. The van der Waals surface area contributed by atoms with Crippen molar-refractivity contribution in [2.24, 2.45) is 0 Å². The van der Waals surface area contributed by atoms with Crippen LogP contribution in [0.5, 0.6) is 0 Å². The molecule has 0 atom stereocenters. The van der Waals surface area contributed by atoms with Crippen LogP contribution in [0.2, 0.25) is 0 Å². The molecule has 2 N–H and O–H groups in total. The van der Waals surface area contributed by atoms with E-state index in [0.717, 1.165) is 11.3 Å². The van der Waals surface area contributed by atoms with Crippen molar-refractivity contribution in [2.45, 2.75) is 43.2 Å². The van der Waals surface area contributed by atoms with E-state index in [1.54, 1.807) is 0 Å². The van der Waals surface area contributed by atoms with Crippen LogP contribution in [-0.2, 0) is 4.79 Å². The number of aromatic amines is 1. The second-order valence-corrected chi connectivity index (χ2v) is 8.07. The quantitative estimate of drug-likeness (QED) is 0.562. The van der Waals surface area contributed by atoms with Gasteiger partial charge in [0.15, 0.2) is 5.82 Å². The predicted octanol–water partition coefficient (Wildman–Crippen LogP) is 5.25. The van der Waals surface area contributed by atoms with Gasteiger partial charge in [-0.25, -0.2) is 4.98 Å². The average Bonchev–Trinajstić information content (AvgIpc) is 3.23. The Balaban J connectivity index is 1.28. The molecule has 2 aromatic carbocycles. The normalized spacial score (nSPS) is 14.7. The summed E-state index contributed by atoms with van der Waals surface area (Å²) in [4.78, 5) is 16.7. The first kappa shape index (κ1) is 18.7. The van der Waals surface area contributed by atoms with Gasteiger partial charge in [-0.1, -0.05) is 73.5 Å². The fourth-order valence-electron chi connectivity index (χ4n) is 3.64. The third kappa shape index (κ3) is 4.81. The third-order valence-electron chi connectivity index (χ3n) is 5.12. The van der Waals surface area contributed by atoms with Crippen molar-refractivity contribution in [3.63, 3.8) is 0 Å². The second-order valence-electron chi connectivity index (χ2n) is 7.13. The number of benzene rings is 2. The average molecular weight is 393 g/mol. The number of hydrogen-bond donors (Lipinski definition) is 2. The Labute approximate surface area is 169 Å². The van der Waals surface area contributed by atoms with Gasteiger partial charge in [-0.3, -0.25) is 9.89 Å². The summed E-state index contributed by atoms with van der Waals surface area (Å²) in [5, 5.41) is 10.6. The first-order chi connectivity index (χ1) is 13.8. The second kappa shape index (κ2) is 9.06. The summed E-state index contributed by atoms with van der Waals surface area (Å²) in [5.41, 5.74) is 3.20. The summed E-state index contributed by atoms with van der Waals surface area (Å²) in [5.74, 6) is 1.61. The maximum atomic E-state index is 12.3. The molecular formula is C22H24N4OS. The van der Waals surface area contributed by atoms with Crippen LogP contribution in [0.3, 0.4) is 0 Å². The van der Waals surface area contributed by atoms with Crippen LogP contribution in [0, 0.1) is 0 Å².